The average molecular weight is 337 g/mol. The topological polar surface area (TPSA) is 68.2 Å². The maximum Gasteiger partial charge on any atom is 0.189 e. The van der Waals surface area contributed by atoms with Gasteiger partial charge in [-0.25, -0.2) is 4.98 Å². The third kappa shape index (κ3) is 6.55. The van der Waals surface area contributed by atoms with E-state index in [4.69, 9.17) is 24.4 Å². The Kier molecular flexibility index (Phi) is 7.33. The van der Waals surface area contributed by atoms with Crippen molar-refractivity contribution in [2.24, 2.45) is 10.2 Å². The van der Waals surface area contributed by atoms with Crippen LogP contribution in [0.1, 0.15) is 11.4 Å². The molecule has 0 atom stereocenters. The number of hydrazone groups is 2. The summed E-state index contributed by atoms with van der Waals surface area (Å²) in [5.74, 6) is 0. The molecule has 0 saturated heterocycles. The van der Waals surface area contributed by atoms with E-state index in [-0.39, 0.29) is 0 Å². The van der Waals surface area contributed by atoms with Crippen LogP contribution < -0.4 is 10.9 Å². The van der Waals surface area contributed by atoms with Crippen LogP contribution in [0.25, 0.3) is 0 Å². The lowest BCUT2D eigenvalue weighted by Crippen LogP contribution is -2.30. The first kappa shape index (κ1) is 17.9. The van der Waals surface area contributed by atoms with Gasteiger partial charge < -0.3 is 9.80 Å². The minimum absolute atomic E-state index is 0.523. The molecule has 7 nitrogen and oxygen atoms in total. The second kappa shape index (κ2) is 9.00. The summed E-state index contributed by atoms with van der Waals surface area (Å²) in [5, 5.41) is 9.10. The fraction of sp³-hybridized carbons (Fsp3) is 0.308. The van der Waals surface area contributed by atoms with Crippen LogP contribution in [0.2, 0.25) is 0 Å². The number of hydrogen-bond acceptors (Lipinski definition) is 5. The smallest absolute Gasteiger partial charge is 0.189 e. The van der Waals surface area contributed by atoms with Gasteiger partial charge in [0.05, 0.1) is 23.8 Å². The van der Waals surface area contributed by atoms with E-state index in [9.17, 15) is 0 Å². The van der Waals surface area contributed by atoms with Gasteiger partial charge in [0.15, 0.2) is 10.2 Å². The average Bonchev–Trinajstić information content (AvgIpc) is 2.47. The van der Waals surface area contributed by atoms with E-state index in [1.54, 1.807) is 22.2 Å². The van der Waals surface area contributed by atoms with Gasteiger partial charge in [0.1, 0.15) is 0 Å². The fourth-order valence-electron chi connectivity index (χ4n) is 1.12. The first-order valence-corrected chi connectivity index (χ1v) is 7.19. The summed E-state index contributed by atoms with van der Waals surface area (Å²) in [6.07, 6.45) is 3.18. The zero-order valence-corrected chi connectivity index (χ0v) is 14.6. The maximum atomic E-state index is 5.06. The molecule has 118 valence electrons. The van der Waals surface area contributed by atoms with Crippen LogP contribution >= 0.6 is 24.4 Å². The molecular weight excluding hydrogens is 318 g/mol. The molecule has 0 bridgehead atoms. The molecule has 0 aromatic carbocycles. The summed E-state index contributed by atoms with van der Waals surface area (Å²) in [5.41, 5.74) is 6.85. The zero-order valence-electron chi connectivity index (χ0n) is 12.9. The molecule has 0 saturated carbocycles. The number of nitrogens with zero attached hydrogens (tertiary/aromatic N) is 5. The highest BCUT2D eigenvalue weighted by Crippen LogP contribution is 1.95. The lowest BCUT2D eigenvalue weighted by atomic mass is 10.3. The van der Waals surface area contributed by atoms with Crippen LogP contribution in [-0.2, 0) is 0 Å². The van der Waals surface area contributed by atoms with Gasteiger partial charge in [0.2, 0.25) is 0 Å². The molecule has 22 heavy (non-hydrogen) atoms. The number of thiocarbonyl (C=S) groups is 2. The predicted molar refractivity (Wildman–Crippen MR) is 98.3 cm³/mol. The Morgan fingerprint density at radius 1 is 0.955 bits per heavy atom. The van der Waals surface area contributed by atoms with Crippen LogP contribution in [0.3, 0.4) is 0 Å². The van der Waals surface area contributed by atoms with E-state index in [1.807, 2.05) is 46.4 Å². The van der Waals surface area contributed by atoms with Crippen molar-refractivity contribution in [1.29, 1.82) is 0 Å². The first-order valence-electron chi connectivity index (χ1n) is 6.38. The van der Waals surface area contributed by atoms with Crippen LogP contribution in [0, 0.1) is 0 Å². The second-order valence-corrected chi connectivity index (χ2v) is 5.40. The minimum Gasteiger partial charge on any atom is -0.354 e. The summed E-state index contributed by atoms with van der Waals surface area (Å²) in [7, 11) is 7.35. The maximum absolute atomic E-state index is 5.06. The highest BCUT2D eigenvalue weighted by Gasteiger charge is 1.97. The SMILES string of the molecule is CN(C)C(=S)N/N=C/c1cccc(/C=N/NC(=S)N(C)C)n1. The normalized spacial score (nSPS) is 10.7. The van der Waals surface area contributed by atoms with Crippen molar-refractivity contribution in [2.45, 2.75) is 0 Å². The Bertz CT molecular complexity index is 534. The van der Waals surface area contributed by atoms with Gasteiger partial charge in [0.25, 0.3) is 0 Å². The summed E-state index contributed by atoms with van der Waals surface area (Å²) < 4.78 is 0. The number of nitrogens with one attached hydrogen (secondary N) is 2. The number of hydrogen-bond donors (Lipinski definition) is 2. The number of pyridine rings is 1. The molecule has 1 aromatic heterocycles. The Morgan fingerprint density at radius 2 is 1.36 bits per heavy atom. The Morgan fingerprint density at radius 3 is 1.73 bits per heavy atom. The van der Waals surface area contributed by atoms with Crippen molar-refractivity contribution in [3.8, 4) is 0 Å². The van der Waals surface area contributed by atoms with Gasteiger partial charge >= 0.3 is 0 Å². The Labute approximate surface area is 141 Å². The van der Waals surface area contributed by atoms with Crippen LogP contribution in [0.5, 0.6) is 0 Å². The van der Waals surface area contributed by atoms with E-state index < -0.39 is 0 Å². The minimum atomic E-state index is 0.523. The molecule has 9 heteroatoms. The zero-order chi connectivity index (χ0) is 16.5. The van der Waals surface area contributed by atoms with E-state index in [1.165, 1.54) is 0 Å². The van der Waals surface area contributed by atoms with Gasteiger partial charge in [-0.05, 0) is 36.6 Å². The van der Waals surface area contributed by atoms with E-state index in [2.05, 4.69) is 26.0 Å². The monoisotopic (exact) mass is 337 g/mol. The largest absolute Gasteiger partial charge is 0.354 e. The lowest BCUT2D eigenvalue weighted by Gasteiger charge is -2.11. The lowest BCUT2D eigenvalue weighted by molar-refractivity contribution is 0.606. The standard InChI is InChI=1S/C13H19N7S2/c1-19(2)12(21)17-14-8-10-6-5-7-11(16-10)9-15-18-13(22)20(3)4/h5-9H,1-4H3,(H,17,21)(H,18,22)/b14-8+,15-9+. The molecule has 0 amide bonds. The van der Waals surface area contributed by atoms with Crippen molar-refractivity contribution in [2.75, 3.05) is 28.2 Å². The van der Waals surface area contributed by atoms with E-state index in [0.29, 0.717) is 21.6 Å². The predicted octanol–water partition coefficient (Wildman–Crippen LogP) is 0.622. The highest BCUT2D eigenvalue weighted by molar-refractivity contribution is 7.80. The summed E-state index contributed by atoms with van der Waals surface area (Å²) in [6, 6.07) is 5.53. The molecule has 0 aliphatic rings. The van der Waals surface area contributed by atoms with Gasteiger partial charge in [-0.3, -0.25) is 10.9 Å². The molecule has 1 aromatic rings. The van der Waals surface area contributed by atoms with Crippen LogP contribution in [0.15, 0.2) is 28.4 Å². The van der Waals surface area contributed by atoms with Gasteiger partial charge in [-0.15, -0.1) is 0 Å². The third-order valence-electron chi connectivity index (χ3n) is 2.32. The molecule has 0 spiro atoms. The Hall–Kier alpha value is -2.13. The number of rotatable bonds is 4. The van der Waals surface area contributed by atoms with Crippen LogP contribution in [-0.4, -0.2) is 65.6 Å². The van der Waals surface area contributed by atoms with Crippen molar-refractivity contribution < 1.29 is 0 Å². The fourth-order valence-corrected chi connectivity index (χ4v) is 1.23. The van der Waals surface area contributed by atoms with Gasteiger partial charge in [-0.2, -0.15) is 10.2 Å². The molecule has 0 unspecified atom stereocenters. The molecular formula is C13H19N7S2. The van der Waals surface area contributed by atoms with Gasteiger partial charge in [-0.1, -0.05) is 6.07 Å². The van der Waals surface area contributed by atoms with Crippen molar-refractivity contribution in [3.05, 3.63) is 29.6 Å². The molecule has 1 heterocycles. The molecule has 0 fully saturated rings. The molecule has 0 aliphatic carbocycles. The summed E-state index contributed by atoms with van der Waals surface area (Å²) in [4.78, 5) is 7.87. The molecule has 0 radical (unpaired) electrons. The highest BCUT2D eigenvalue weighted by atomic mass is 32.1. The van der Waals surface area contributed by atoms with Crippen molar-refractivity contribution in [3.63, 3.8) is 0 Å². The molecule has 0 aliphatic heterocycles. The Balaban J connectivity index is 2.62. The summed E-state index contributed by atoms with van der Waals surface area (Å²) in [6.45, 7) is 0. The second-order valence-electron chi connectivity index (χ2n) is 4.63. The van der Waals surface area contributed by atoms with Crippen molar-refractivity contribution in [1.82, 2.24) is 25.6 Å². The third-order valence-corrected chi connectivity index (χ3v) is 3.23. The number of aromatic nitrogens is 1. The van der Waals surface area contributed by atoms with Gasteiger partial charge in [0, 0.05) is 28.2 Å². The van der Waals surface area contributed by atoms with E-state index >= 15 is 0 Å². The van der Waals surface area contributed by atoms with Crippen LogP contribution in [0.4, 0.5) is 0 Å². The van der Waals surface area contributed by atoms with E-state index in [0.717, 1.165) is 0 Å². The summed E-state index contributed by atoms with van der Waals surface area (Å²) >= 11 is 10.1. The quantitative estimate of drug-likeness (QED) is 0.474. The molecule has 2 N–H and O–H groups in total. The molecule has 1 rings (SSSR count). The van der Waals surface area contributed by atoms with Crippen molar-refractivity contribution >= 4 is 47.1 Å². The first-order chi connectivity index (χ1) is 10.4.